The molecule has 0 spiro atoms. The third-order valence-corrected chi connectivity index (χ3v) is 5.50. The number of benzene rings is 2. The van der Waals surface area contributed by atoms with E-state index >= 15 is 0 Å². The van der Waals surface area contributed by atoms with E-state index < -0.39 is 0 Å². The Hall–Kier alpha value is -3.32. The van der Waals surface area contributed by atoms with Gasteiger partial charge in [-0.1, -0.05) is 43.4 Å². The lowest BCUT2D eigenvalue weighted by atomic mass is 10.1. The van der Waals surface area contributed by atoms with Crippen LogP contribution in [-0.4, -0.2) is 33.3 Å². The van der Waals surface area contributed by atoms with Crippen molar-refractivity contribution in [1.29, 1.82) is 0 Å². The third kappa shape index (κ3) is 4.25. The Bertz CT molecular complexity index is 1110. The van der Waals surface area contributed by atoms with Crippen molar-refractivity contribution in [3.05, 3.63) is 71.4 Å². The largest absolute Gasteiger partial charge is 0.497 e. The maximum atomic E-state index is 5.27. The molecule has 4 rings (SSSR count). The maximum absolute atomic E-state index is 5.27. The van der Waals surface area contributed by atoms with Gasteiger partial charge < -0.3 is 4.74 Å². The highest BCUT2D eigenvalue weighted by atomic mass is 32.1. The second-order valence-corrected chi connectivity index (χ2v) is 7.76. The van der Waals surface area contributed by atoms with Crippen LogP contribution in [0, 0.1) is 0 Å². The van der Waals surface area contributed by atoms with Crippen LogP contribution in [0.2, 0.25) is 0 Å². The SMILES string of the molecule is COc1ccc(-c2nn(-c3ccccc3)cc2/C=N/c2nnc(C(C)C)s2)cc1. The summed E-state index contributed by atoms with van der Waals surface area (Å²) in [7, 11) is 1.66. The summed E-state index contributed by atoms with van der Waals surface area (Å²) in [4.78, 5) is 4.55. The lowest BCUT2D eigenvalue weighted by Crippen LogP contribution is -1.94. The molecule has 0 bridgehead atoms. The maximum Gasteiger partial charge on any atom is 0.231 e. The summed E-state index contributed by atoms with van der Waals surface area (Å²) in [6.45, 7) is 4.19. The Balaban J connectivity index is 1.73. The van der Waals surface area contributed by atoms with Gasteiger partial charge in [-0.15, -0.1) is 10.2 Å². The zero-order valence-corrected chi connectivity index (χ0v) is 17.3. The average molecular weight is 404 g/mol. The molecular weight excluding hydrogens is 382 g/mol. The molecule has 0 unspecified atom stereocenters. The van der Waals surface area contributed by atoms with Crippen LogP contribution in [0.15, 0.2) is 65.8 Å². The number of rotatable bonds is 6. The van der Waals surface area contributed by atoms with Gasteiger partial charge in [0.15, 0.2) is 0 Å². The number of aromatic nitrogens is 4. The van der Waals surface area contributed by atoms with E-state index in [0.29, 0.717) is 11.0 Å². The summed E-state index contributed by atoms with van der Waals surface area (Å²) in [5.41, 5.74) is 3.72. The van der Waals surface area contributed by atoms with E-state index in [1.807, 2.05) is 65.5 Å². The molecule has 2 heterocycles. The van der Waals surface area contributed by atoms with Gasteiger partial charge in [-0.2, -0.15) is 5.10 Å². The predicted molar refractivity (Wildman–Crippen MR) is 117 cm³/mol. The summed E-state index contributed by atoms with van der Waals surface area (Å²) in [5, 5.41) is 14.8. The van der Waals surface area contributed by atoms with Gasteiger partial charge in [0.1, 0.15) is 16.5 Å². The minimum atomic E-state index is 0.340. The number of ether oxygens (including phenoxy) is 1. The molecule has 0 saturated carbocycles. The standard InChI is InChI=1S/C22H21N5OS/c1-15(2)21-24-25-22(29-21)23-13-17-14-27(18-7-5-4-6-8-18)26-20(17)16-9-11-19(28-3)12-10-16/h4-15H,1-3H3/b23-13+. The first-order valence-electron chi connectivity index (χ1n) is 9.31. The van der Waals surface area contributed by atoms with Crippen molar-refractivity contribution < 1.29 is 4.74 Å². The molecule has 2 aromatic carbocycles. The minimum absolute atomic E-state index is 0.340. The molecule has 0 radical (unpaired) electrons. The fourth-order valence-corrected chi connectivity index (χ4v) is 3.50. The van der Waals surface area contributed by atoms with Crippen LogP contribution in [0.25, 0.3) is 16.9 Å². The molecule has 29 heavy (non-hydrogen) atoms. The zero-order chi connectivity index (χ0) is 20.2. The van der Waals surface area contributed by atoms with E-state index in [-0.39, 0.29) is 0 Å². The summed E-state index contributed by atoms with van der Waals surface area (Å²) in [5.74, 6) is 1.15. The van der Waals surface area contributed by atoms with Crippen LogP contribution < -0.4 is 4.74 Å². The molecule has 0 aliphatic heterocycles. The second kappa shape index (κ2) is 8.36. The topological polar surface area (TPSA) is 65.2 Å². The van der Waals surface area contributed by atoms with E-state index in [9.17, 15) is 0 Å². The molecule has 0 amide bonds. The molecule has 146 valence electrons. The number of aliphatic imine (C=N–C) groups is 1. The minimum Gasteiger partial charge on any atom is -0.497 e. The van der Waals surface area contributed by atoms with Gasteiger partial charge in [0.05, 0.1) is 12.8 Å². The highest BCUT2D eigenvalue weighted by molar-refractivity contribution is 7.15. The lowest BCUT2D eigenvalue weighted by Gasteiger charge is -2.02. The normalized spacial score (nSPS) is 11.4. The van der Waals surface area contributed by atoms with Gasteiger partial charge in [-0.05, 0) is 36.4 Å². The highest BCUT2D eigenvalue weighted by Gasteiger charge is 2.12. The van der Waals surface area contributed by atoms with Crippen molar-refractivity contribution in [3.8, 4) is 22.7 Å². The molecule has 0 N–H and O–H groups in total. The first kappa shape index (κ1) is 19.0. The predicted octanol–water partition coefficient (Wildman–Crippen LogP) is 5.27. The summed E-state index contributed by atoms with van der Waals surface area (Å²) in [6.07, 6.45) is 3.78. The van der Waals surface area contributed by atoms with E-state index in [4.69, 9.17) is 9.84 Å². The third-order valence-electron chi connectivity index (χ3n) is 4.36. The van der Waals surface area contributed by atoms with E-state index in [1.54, 1.807) is 13.3 Å². The molecule has 2 aromatic heterocycles. The first-order chi connectivity index (χ1) is 14.1. The molecular formula is C22H21N5OS. The first-order valence-corrected chi connectivity index (χ1v) is 10.1. The van der Waals surface area contributed by atoms with Gasteiger partial charge in [-0.25, -0.2) is 9.67 Å². The Morgan fingerprint density at radius 1 is 1.03 bits per heavy atom. The van der Waals surface area contributed by atoms with Crippen LogP contribution >= 0.6 is 11.3 Å². The van der Waals surface area contributed by atoms with Crippen molar-refractivity contribution in [2.75, 3.05) is 7.11 Å². The summed E-state index contributed by atoms with van der Waals surface area (Å²) < 4.78 is 7.13. The number of hydrogen-bond donors (Lipinski definition) is 0. The van der Waals surface area contributed by atoms with Gasteiger partial charge in [0, 0.05) is 29.5 Å². The van der Waals surface area contributed by atoms with Crippen LogP contribution in [0.3, 0.4) is 0 Å². The lowest BCUT2D eigenvalue weighted by molar-refractivity contribution is 0.415. The monoisotopic (exact) mass is 403 g/mol. The van der Waals surface area contributed by atoms with E-state index in [2.05, 4.69) is 29.0 Å². The fraction of sp³-hybridized carbons (Fsp3) is 0.182. The van der Waals surface area contributed by atoms with Crippen molar-refractivity contribution in [2.24, 2.45) is 4.99 Å². The van der Waals surface area contributed by atoms with Crippen LogP contribution in [0.4, 0.5) is 5.13 Å². The van der Waals surface area contributed by atoms with Gasteiger partial charge in [0.25, 0.3) is 0 Å². The smallest absolute Gasteiger partial charge is 0.231 e. The average Bonchev–Trinajstić information content (AvgIpc) is 3.40. The summed E-state index contributed by atoms with van der Waals surface area (Å²) in [6, 6.07) is 17.9. The number of methoxy groups -OCH3 is 1. The highest BCUT2D eigenvalue weighted by Crippen LogP contribution is 2.27. The molecule has 0 aliphatic rings. The van der Waals surface area contributed by atoms with E-state index in [0.717, 1.165) is 33.3 Å². The summed E-state index contributed by atoms with van der Waals surface area (Å²) >= 11 is 1.51. The van der Waals surface area contributed by atoms with Gasteiger partial charge >= 0.3 is 0 Å². The van der Waals surface area contributed by atoms with Crippen LogP contribution in [-0.2, 0) is 0 Å². The Morgan fingerprint density at radius 2 is 1.79 bits per heavy atom. The van der Waals surface area contributed by atoms with Crippen molar-refractivity contribution in [3.63, 3.8) is 0 Å². The molecule has 0 saturated heterocycles. The molecule has 0 fully saturated rings. The van der Waals surface area contributed by atoms with Crippen molar-refractivity contribution in [2.45, 2.75) is 19.8 Å². The van der Waals surface area contributed by atoms with Crippen LogP contribution in [0.5, 0.6) is 5.75 Å². The van der Waals surface area contributed by atoms with Gasteiger partial charge in [0.2, 0.25) is 5.13 Å². The number of para-hydroxylation sites is 1. The zero-order valence-electron chi connectivity index (χ0n) is 16.5. The fourth-order valence-electron chi connectivity index (χ4n) is 2.80. The number of hydrogen-bond acceptors (Lipinski definition) is 6. The second-order valence-electron chi connectivity index (χ2n) is 6.78. The Kier molecular flexibility index (Phi) is 5.48. The van der Waals surface area contributed by atoms with Crippen molar-refractivity contribution >= 4 is 22.7 Å². The van der Waals surface area contributed by atoms with E-state index in [1.165, 1.54) is 11.3 Å². The Morgan fingerprint density at radius 3 is 2.45 bits per heavy atom. The molecule has 6 nitrogen and oxygen atoms in total. The number of nitrogens with zero attached hydrogens (tertiary/aromatic N) is 5. The molecule has 0 aliphatic carbocycles. The molecule has 0 atom stereocenters. The molecule has 4 aromatic rings. The molecule has 7 heteroatoms. The van der Waals surface area contributed by atoms with Crippen LogP contribution in [0.1, 0.15) is 30.3 Å². The Labute approximate surface area is 173 Å². The van der Waals surface area contributed by atoms with Crippen molar-refractivity contribution in [1.82, 2.24) is 20.0 Å². The van der Waals surface area contributed by atoms with Gasteiger partial charge in [-0.3, -0.25) is 0 Å². The quantitative estimate of drug-likeness (QED) is 0.411.